The fourth-order valence-corrected chi connectivity index (χ4v) is 3.29. The normalized spacial score (nSPS) is 13.0. The van der Waals surface area contributed by atoms with Crippen molar-refractivity contribution in [3.8, 4) is 28.5 Å². The van der Waals surface area contributed by atoms with Gasteiger partial charge in [0, 0.05) is 18.2 Å². The highest BCUT2D eigenvalue weighted by Gasteiger charge is 2.19. The van der Waals surface area contributed by atoms with E-state index in [0.29, 0.717) is 30.2 Å². The van der Waals surface area contributed by atoms with Crippen LogP contribution >= 0.6 is 0 Å². The number of hydrogen-bond donors (Lipinski definition) is 1. The van der Waals surface area contributed by atoms with Gasteiger partial charge in [-0.05, 0) is 55.3 Å². The van der Waals surface area contributed by atoms with Crippen LogP contribution in [0.25, 0.3) is 11.3 Å². The molecule has 2 aromatic carbocycles. The van der Waals surface area contributed by atoms with Gasteiger partial charge in [0.05, 0.1) is 12.8 Å². The first-order valence-corrected chi connectivity index (χ1v) is 9.95. The molecule has 3 aromatic rings. The summed E-state index contributed by atoms with van der Waals surface area (Å²) in [5, 5.41) is 7.28. The van der Waals surface area contributed by atoms with Gasteiger partial charge in [0.1, 0.15) is 11.8 Å². The van der Waals surface area contributed by atoms with E-state index in [1.807, 2.05) is 30.3 Å². The number of methoxy groups -OCH3 is 1. The lowest BCUT2D eigenvalue weighted by atomic mass is 10.1. The number of carbonyl (C=O) groups is 1. The average Bonchev–Trinajstić information content (AvgIpc) is 3.27. The van der Waals surface area contributed by atoms with Crippen LogP contribution in [0.15, 0.2) is 59.4 Å². The lowest BCUT2D eigenvalue weighted by Gasteiger charge is -2.15. The molecule has 1 unspecified atom stereocenters. The van der Waals surface area contributed by atoms with Gasteiger partial charge in [0.2, 0.25) is 12.7 Å². The Bertz CT molecular complexity index is 1140. The van der Waals surface area contributed by atoms with Crippen molar-refractivity contribution < 1.29 is 19.0 Å². The maximum absolute atomic E-state index is 12.6. The van der Waals surface area contributed by atoms with Crippen LogP contribution in [0.5, 0.6) is 17.2 Å². The van der Waals surface area contributed by atoms with E-state index in [0.717, 1.165) is 16.9 Å². The minimum Gasteiger partial charge on any atom is -0.497 e. The van der Waals surface area contributed by atoms with Gasteiger partial charge < -0.3 is 19.5 Å². The van der Waals surface area contributed by atoms with Gasteiger partial charge in [-0.25, -0.2) is 4.68 Å². The molecule has 0 aliphatic carbocycles. The standard InChI is InChI=1S/C23H23N3O5/c1-15(23(28)24-12-11-16-3-6-18(29-2)7-4-16)26-22(27)10-8-19(25-26)17-5-9-20-21(13-17)31-14-30-20/h3-10,13,15H,11-12,14H2,1-2H3,(H,24,28). The summed E-state index contributed by atoms with van der Waals surface area (Å²) >= 11 is 0. The molecule has 2 heterocycles. The van der Waals surface area contributed by atoms with E-state index in [1.54, 1.807) is 32.2 Å². The number of ether oxygens (including phenoxy) is 3. The summed E-state index contributed by atoms with van der Waals surface area (Å²) in [6.07, 6.45) is 0.669. The summed E-state index contributed by atoms with van der Waals surface area (Å²) in [4.78, 5) is 25.0. The molecule has 0 spiro atoms. The molecule has 8 heteroatoms. The maximum Gasteiger partial charge on any atom is 0.267 e. The second kappa shape index (κ2) is 8.91. The first-order valence-electron chi connectivity index (χ1n) is 9.95. The quantitative estimate of drug-likeness (QED) is 0.631. The Labute approximate surface area is 179 Å². The first-order chi connectivity index (χ1) is 15.0. The van der Waals surface area contributed by atoms with Gasteiger partial charge in [0.25, 0.3) is 5.56 Å². The summed E-state index contributed by atoms with van der Waals surface area (Å²) in [5.41, 5.74) is 2.07. The molecule has 1 aliphatic rings. The van der Waals surface area contributed by atoms with Gasteiger partial charge in [-0.2, -0.15) is 5.10 Å². The minimum absolute atomic E-state index is 0.180. The van der Waals surface area contributed by atoms with Crippen molar-refractivity contribution in [3.05, 3.63) is 70.5 Å². The highest BCUT2D eigenvalue weighted by atomic mass is 16.7. The molecule has 31 heavy (non-hydrogen) atoms. The zero-order valence-corrected chi connectivity index (χ0v) is 17.3. The van der Waals surface area contributed by atoms with Crippen molar-refractivity contribution in [2.75, 3.05) is 20.4 Å². The number of benzene rings is 2. The predicted octanol–water partition coefficient (Wildman–Crippen LogP) is 2.57. The van der Waals surface area contributed by atoms with Gasteiger partial charge in [-0.15, -0.1) is 0 Å². The van der Waals surface area contributed by atoms with Crippen LogP contribution in [0, 0.1) is 0 Å². The molecule has 4 rings (SSSR count). The molecular formula is C23H23N3O5. The predicted molar refractivity (Wildman–Crippen MR) is 114 cm³/mol. The van der Waals surface area contributed by atoms with Crippen LogP contribution in [0.3, 0.4) is 0 Å². The van der Waals surface area contributed by atoms with Crippen LogP contribution in [0.2, 0.25) is 0 Å². The molecule has 8 nitrogen and oxygen atoms in total. The fourth-order valence-electron chi connectivity index (χ4n) is 3.29. The smallest absolute Gasteiger partial charge is 0.267 e. The Morgan fingerprint density at radius 3 is 2.68 bits per heavy atom. The van der Waals surface area contributed by atoms with Crippen molar-refractivity contribution >= 4 is 5.91 Å². The molecule has 0 saturated carbocycles. The number of amides is 1. The van der Waals surface area contributed by atoms with Crippen LogP contribution in [0.4, 0.5) is 0 Å². The molecule has 1 aromatic heterocycles. The van der Waals surface area contributed by atoms with E-state index in [9.17, 15) is 9.59 Å². The number of nitrogens with zero attached hydrogens (tertiary/aromatic N) is 2. The van der Waals surface area contributed by atoms with Gasteiger partial charge in [-0.1, -0.05) is 12.1 Å². The molecule has 1 N–H and O–H groups in total. The third kappa shape index (κ3) is 4.53. The second-order valence-electron chi connectivity index (χ2n) is 7.13. The van der Waals surface area contributed by atoms with Gasteiger partial charge >= 0.3 is 0 Å². The summed E-state index contributed by atoms with van der Waals surface area (Å²) in [5.74, 6) is 1.81. The molecule has 1 aliphatic heterocycles. The molecule has 1 atom stereocenters. The molecule has 160 valence electrons. The van der Waals surface area contributed by atoms with Crippen molar-refractivity contribution in [1.29, 1.82) is 0 Å². The molecule has 0 radical (unpaired) electrons. The number of nitrogens with one attached hydrogen (secondary N) is 1. The fraction of sp³-hybridized carbons (Fsp3) is 0.261. The summed E-state index contributed by atoms with van der Waals surface area (Å²) < 4.78 is 17.1. The summed E-state index contributed by atoms with van der Waals surface area (Å²) in [6.45, 7) is 2.28. The highest BCUT2D eigenvalue weighted by Crippen LogP contribution is 2.35. The Morgan fingerprint density at radius 2 is 1.90 bits per heavy atom. The van der Waals surface area contributed by atoms with E-state index in [1.165, 1.54) is 10.7 Å². The number of fused-ring (bicyclic) bond motifs is 1. The number of aromatic nitrogens is 2. The van der Waals surface area contributed by atoms with E-state index in [-0.39, 0.29) is 18.3 Å². The van der Waals surface area contributed by atoms with Crippen LogP contribution in [-0.2, 0) is 11.2 Å². The summed E-state index contributed by atoms with van der Waals surface area (Å²) in [7, 11) is 1.62. The van der Waals surface area contributed by atoms with Crippen molar-refractivity contribution in [2.45, 2.75) is 19.4 Å². The Hall–Kier alpha value is -3.81. The molecular weight excluding hydrogens is 398 g/mol. The molecule has 0 saturated heterocycles. The van der Waals surface area contributed by atoms with Crippen LogP contribution in [-0.4, -0.2) is 36.1 Å². The van der Waals surface area contributed by atoms with E-state index >= 15 is 0 Å². The van der Waals surface area contributed by atoms with Gasteiger partial charge in [-0.3, -0.25) is 9.59 Å². The lowest BCUT2D eigenvalue weighted by Crippen LogP contribution is -2.37. The Balaban J connectivity index is 1.43. The third-order valence-corrected chi connectivity index (χ3v) is 5.11. The van der Waals surface area contributed by atoms with Gasteiger partial charge in [0.15, 0.2) is 11.5 Å². The SMILES string of the molecule is COc1ccc(CCNC(=O)C(C)n2nc(-c3ccc4c(c3)OCO4)ccc2=O)cc1. The van der Waals surface area contributed by atoms with E-state index < -0.39 is 6.04 Å². The maximum atomic E-state index is 12.6. The molecule has 0 fully saturated rings. The van der Waals surface area contributed by atoms with Crippen molar-refractivity contribution in [2.24, 2.45) is 0 Å². The van der Waals surface area contributed by atoms with Crippen LogP contribution in [0.1, 0.15) is 18.5 Å². The monoisotopic (exact) mass is 421 g/mol. The zero-order valence-electron chi connectivity index (χ0n) is 17.3. The topological polar surface area (TPSA) is 91.7 Å². The third-order valence-electron chi connectivity index (χ3n) is 5.11. The molecule has 0 bridgehead atoms. The number of hydrogen-bond acceptors (Lipinski definition) is 6. The lowest BCUT2D eigenvalue weighted by molar-refractivity contribution is -0.124. The Morgan fingerprint density at radius 1 is 1.13 bits per heavy atom. The number of rotatable bonds is 7. The minimum atomic E-state index is -0.752. The average molecular weight is 421 g/mol. The van der Waals surface area contributed by atoms with Crippen LogP contribution < -0.4 is 25.1 Å². The highest BCUT2D eigenvalue weighted by molar-refractivity contribution is 5.79. The van der Waals surface area contributed by atoms with Crippen molar-refractivity contribution in [1.82, 2.24) is 15.1 Å². The summed E-state index contributed by atoms with van der Waals surface area (Å²) in [6, 6.07) is 15.4. The largest absolute Gasteiger partial charge is 0.497 e. The second-order valence-corrected chi connectivity index (χ2v) is 7.13. The van der Waals surface area contributed by atoms with Crippen molar-refractivity contribution in [3.63, 3.8) is 0 Å². The van der Waals surface area contributed by atoms with E-state index in [2.05, 4.69) is 10.4 Å². The molecule has 1 amide bonds. The Kier molecular flexibility index (Phi) is 5.88. The zero-order chi connectivity index (χ0) is 21.8. The first kappa shape index (κ1) is 20.5. The number of carbonyl (C=O) groups excluding carboxylic acids is 1. The van der Waals surface area contributed by atoms with E-state index in [4.69, 9.17) is 14.2 Å².